The number of hydrogen-bond acceptors (Lipinski definition) is 6. The van der Waals surface area contributed by atoms with Crippen LogP contribution in [0.25, 0.3) is 10.8 Å². The van der Waals surface area contributed by atoms with Gasteiger partial charge in [0.1, 0.15) is 30.3 Å². The van der Waals surface area contributed by atoms with E-state index in [1.807, 2.05) is 0 Å². The first-order valence-electron chi connectivity index (χ1n) is 8.50. The van der Waals surface area contributed by atoms with Gasteiger partial charge in [0.25, 0.3) is 5.91 Å². The molecule has 2 aliphatic rings. The van der Waals surface area contributed by atoms with Crippen LogP contribution in [0.1, 0.15) is 6.42 Å². The number of benzene rings is 2. The Morgan fingerprint density at radius 2 is 2.11 bits per heavy atom. The molecule has 2 aliphatic heterocycles. The first-order valence-corrected chi connectivity index (χ1v) is 9.94. The third kappa shape index (κ3) is 3.20. The number of anilines is 1. The highest BCUT2D eigenvalue weighted by Crippen LogP contribution is 2.39. The van der Waals surface area contributed by atoms with Crippen molar-refractivity contribution in [1.29, 1.82) is 0 Å². The maximum atomic E-state index is 15.1. The van der Waals surface area contributed by atoms with E-state index in [2.05, 4.69) is 5.32 Å². The summed E-state index contributed by atoms with van der Waals surface area (Å²) in [7, 11) is -4.30. The number of aromatic hydroxyl groups is 1. The van der Waals surface area contributed by atoms with E-state index >= 15 is 4.39 Å². The van der Waals surface area contributed by atoms with Crippen molar-refractivity contribution in [3.63, 3.8) is 0 Å². The van der Waals surface area contributed by atoms with Crippen LogP contribution >= 0.6 is 0 Å². The van der Waals surface area contributed by atoms with Gasteiger partial charge in [-0.1, -0.05) is 6.07 Å². The second kappa shape index (κ2) is 6.45. The predicted molar refractivity (Wildman–Crippen MR) is 96.8 cm³/mol. The SMILES string of the molecule is O=C1CN(c2c(O)cc3ccc(OCC4(F)CCNC4)cc3c2F)S(=O)(=O)N1. The Labute approximate surface area is 159 Å². The first kappa shape index (κ1) is 18.7. The van der Waals surface area contributed by atoms with Gasteiger partial charge in [0, 0.05) is 11.9 Å². The van der Waals surface area contributed by atoms with Gasteiger partial charge in [0.15, 0.2) is 11.5 Å². The summed E-state index contributed by atoms with van der Waals surface area (Å²) in [5.41, 5.74) is -2.14. The molecule has 0 spiro atoms. The van der Waals surface area contributed by atoms with Crippen LogP contribution in [0.4, 0.5) is 14.5 Å². The van der Waals surface area contributed by atoms with Crippen LogP contribution in [0.5, 0.6) is 11.5 Å². The van der Waals surface area contributed by atoms with Crippen molar-refractivity contribution in [2.45, 2.75) is 12.1 Å². The van der Waals surface area contributed by atoms with Crippen molar-refractivity contribution in [3.8, 4) is 11.5 Å². The second-order valence-electron chi connectivity index (χ2n) is 6.84. The zero-order valence-corrected chi connectivity index (χ0v) is 15.4. The number of amides is 1. The van der Waals surface area contributed by atoms with Crippen LogP contribution in [-0.2, 0) is 15.0 Å². The highest BCUT2D eigenvalue weighted by molar-refractivity contribution is 7.92. The highest BCUT2D eigenvalue weighted by Gasteiger charge is 2.38. The Morgan fingerprint density at radius 3 is 2.75 bits per heavy atom. The number of alkyl halides is 1. The lowest BCUT2D eigenvalue weighted by atomic mass is 10.1. The summed E-state index contributed by atoms with van der Waals surface area (Å²) in [6, 6.07) is 5.46. The number of carbonyl (C=O) groups excluding carboxylic acids is 1. The molecule has 150 valence electrons. The fraction of sp³-hybridized carbons (Fsp3) is 0.353. The third-order valence-corrected chi connectivity index (χ3v) is 6.14. The van der Waals surface area contributed by atoms with Crippen molar-refractivity contribution >= 4 is 32.6 Å². The van der Waals surface area contributed by atoms with E-state index in [0.29, 0.717) is 22.7 Å². The predicted octanol–water partition coefficient (Wildman–Crippen LogP) is 0.946. The van der Waals surface area contributed by atoms with Crippen LogP contribution in [0.2, 0.25) is 0 Å². The molecule has 1 amide bonds. The van der Waals surface area contributed by atoms with Gasteiger partial charge >= 0.3 is 10.2 Å². The molecular weight excluding hydrogens is 396 g/mol. The van der Waals surface area contributed by atoms with Gasteiger partial charge in [0.05, 0.1) is 0 Å². The second-order valence-corrected chi connectivity index (χ2v) is 8.44. The van der Waals surface area contributed by atoms with E-state index in [4.69, 9.17) is 4.74 Å². The van der Waals surface area contributed by atoms with Crippen LogP contribution in [0.3, 0.4) is 0 Å². The van der Waals surface area contributed by atoms with Gasteiger partial charge in [-0.05, 0) is 36.6 Å². The average Bonchev–Trinajstić information content (AvgIpc) is 3.16. The smallest absolute Gasteiger partial charge is 0.326 e. The molecule has 0 saturated carbocycles. The average molecular weight is 413 g/mol. The van der Waals surface area contributed by atoms with E-state index in [0.717, 1.165) is 0 Å². The Kier molecular flexibility index (Phi) is 4.31. The lowest BCUT2D eigenvalue weighted by Gasteiger charge is -2.20. The first-order chi connectivity index (χ1) is 13.2. The van der Waals surface area contributed by atoms with Gasteiger partial charge < -0.3 is 15.2 Å². The molecule has 3 N–H and O–H groups in total. The standard InChI is InChI=1S/C17H17F2N3O5S/c18-15-12-6-11(27-9-17(19)3-4-20-8-17)2-1-10(12)5-13(23)16(15)22-7-14(24)21-28(22,25)26/h1-2,5-6,20,23H,3-4,7-9H2,(H,21,24). The Bertz CT molecular complexity index is 1070. The largest absolute Gasteiger partial charge is 0.506 e. The number of nitrogens with one attached hydrogen (secondary N) is 2. The van der Waals surface area contributed by atoms with Crippen molar-refractivity contribution < 1.29 is 31.8 Å². The Hall–Kier alpha value is -2.66. The summed E-state index contributed by atoms with van der Waals surface area (Å²) in [6.45, 7) is -0.143. The molecular formula is C17H17F2N3O5S. The molecule has 0 aliphatic carbocycles. The summed E-state index contributed by atoms with van der Waals surface area (Å²) in [5, 5.41) is 13.3. The number of fused-ring (bicyclic) bond motifs is 1. The molecule has 1 atom stereocenters. The maximum absolute atomic E-state index is 15.1. The third-order valence-electron chi connectivity index (χ3n) is 4.76. The minimum Gasteiger partial charge on any atom is -0.506 e. The molecule has 1 unspecified atom stereocenters. The zero-order valence-electron chi connectivity index (χ0n) is 14.5. The number of nitrogens with zero attached hydrogens (tertiary/aromatic N) is 1. The molecule has 28 heavy (non-hydrogen) atoms. The Morgan fingerprint density at radius 1 is 1.32 bits per heavy atom. The monoisotopic (exact) mass is 413 g/mol. The van der Waals surface area contributed by atoms with E-state index < -0.39 is 45.6 Å². The zero-order chi connectivity index (χ0) is 20.1. The number of hydrogen-bond donors (Lipinski definition) is 3. The van der Waals surface area contributed by atoms with Crippen LogP contribution in [-0.4, -0.2) is 51.3 Å². The van der Waals surface area contributed by atoms with Crippen molar-refractivity contribution in [2.75, 3.05) is 30.5 Å². The number of phenolic OH excluding ortho intramolecular Hbond substituents is 1. The summed E-state index contributed by atoms with van der Waals surface area (Å²) in [6.07, 6.45) is 0.306. The number of phenols is 1. The minimum atomic E-state index is -4.30. The summed E-state index contributed by atoms with van der Waals surface area (Å²) >= 11 is 0. The van der Waals surface area contributed by atoms with Gasteiger partial charge in [0.2, 0.25) is 0 Å². The van der Waals surface area contributed by atoms with Crippen molar-refractivity contribution in [2.24, 2.45) is 0 Å². The van der Waals surface area contributed by atoms with Crippen LogP contribution < -0.4 is 19.1 Å². The summed E-state index contributed by atoms with van der Waals surface area (Å²) < 4.78 is 61.2. The van der Waals surface area contributed by atoms with Crippen LogP contribution in [0, 0.1) is 5.82 Å². The molecule has 0 radical (unpaired) electrons. The molecule has 2 fully saturated rings. The van der Waals surface area contributed by atoms with E-state index in [1.165, 1.54) is 24.3 Å². The summed E-state index contributed by atoms with van der Waals surface area (Å²) in [4.78, 5) is 11.4. The van der Waals surface area contributed by atoms with Crippen molar-refractivity contribution in [1.82, 2.24) is 10.0 Å². The summed E-state index contributed by atoms with van der Waals surface area (Å²) in [5.74, 6) is -2.30. The fourth-order valence-corrected chi connectivity index (χ4v) is 4.49. The quantitative estimate of drug-likeness (QED) is 0.689. The molecule has 0 bridgehead atoms. The lowest BCUT2D eigenvalue weighted by Crippen LogP contribution is -2.33. The van der Waals surface area contributed by atoms with E-state index in [9.17, 15) is 22.7 Å². The normalized spacial score (nSPS) is 23.9. The number of rotatable bonds is 4. The van der Waals surface area contributed by atoms with Crippen LogP contribution in [0.15, 0.2) is 24.3 Å². The number of carbonyl (C=O) groups is 1. The van der Waals surface area contributed by atoms with Gasteiger partial charge in [-0.25, -0.2) is 17.8 Å². The Balaban J connectivity index is 1.71. The topological polar surface area (TPSA) is 108 Å². The minimum absolute atomic E-state index is 0.0303. The molecule has 2 aromatic carbocycles. The molecule has 4 rings (SSSR count). The molecule has 11 heteroatoms. The van der Waals surface area contributed by atoms with Gasteiger partial charge in [-0.2, -0.15) is 8.42 Å². The number of halogens is 2. The van der Waals surface area contributed by atoms with Crippen molar-refractivity contribution in [3.05, 3.63) is 30.1 Å². The van der Waals surface area contributed by atoms with Gasteiger partial charge in [-0.3, -0.25) is 4.79 Å². The van der Waals surface area contributed by atoms with E-state index in [-0.39, 0.29) is 24.3 Å². The number of ether oxygens (including phenoxy) is 1. The molecule has 2 saturated heterocycles. The van der Waals surface area contributed by atoms with E-state index in [1.54, 1.807) is 4.72 Å². The van der Waals surface area contributed by atoms with Gasteiger partial charge in [-0.15, -0.1) is 0 Å². The fourth-order valence-electron chi connectivity index (χ4n) is 3.33. The molecule has 8 nitrogen and oxygen atoms in total. The molecule has 2 aromatic rings. The highest BCUT2D eigenvalue weighted by atomic mass is 32.2. The molecule has 0 aromatic heterocycles. The lowest BCUT2D eigenvalue weighted by molar-refractivity contribution is -0.117. The molecule has 2 heterocycles. The maximum Gasteiger partial charge on any atom is 0.326 e.